The van der Waals surface area contributed by atoms with Crippen molar-refractivity contribution < 1.29 is 15.0 Å². The minimum atomic E-state index is -1.46. The van der Waals surface area contributed by atoms with Crippen LogP contribution in [0.15, 0.2) is 36.4 Å². The summed E-state index contributed by atoms with van der Waals surface area (Å²) in [5, 5.41) is 20.5. The highest BCUT2D eigenvalue weighted by Gasteiger charge is 2.42. The number of likely N-dealkylation sites (N-methyl/N-ethyl adjacent to an activating group) is 1. The van der Waals surface area contributed by atoms with Crippen molar-refractivity contribution >= 4 is 11.6 Å². The number of likely N-dealkylation sites (tertiary alicyclic amines) is 1. The lowest BCUT2D eigenvalue weighted by atomic mass is 10.0. The molecule has 3 rings (SSSR count). The first-order valence-corrected chi connectivity index (χ1v) is 8.10. The largest absolute Gasteiger partial charge is 0.399 e. The van der Waals surface area contributed by atoms with Gasteiger partial charge >= 0.3 is 0 Å². The summed E-state index contributed by atoms with van der Waals surface area (Å²) in [5.41, 5.74) is 12.0. The van der Waals surface area contributed by atoms with E-state index in [0.717, 1.165) is 0 Å². The fourth-order valence-electron chi connectivity index (χ4n) is 2.85. The molecule has 6 N–H and O–H groups in total. The molecule has 1 aliphatic heterocycles. The number of carbonyl (C=O) groups is 1. The van der Waals surface area contributed by atoms with Crippen molar-refractivity contribution in [2.75, 3.05) is 19.3 Å². The van der Waals surface area contributed by atoms with Gasteiger partial charge in [0.2, 0.25) is 0 Å². The van der Waals surface area contributed by atoms with Crippen LogP contribution in [-0.4, -0.2) is 51.4 Å². The lowest BCUT2D eigenvalue weighted by Crippen LogP contribution is -2.42. The van der Waals surface area contributed by atoms with Gasteiger partial charge in [-0.15, -0.1) is 0 Å². The predicted molar refractivity (Wildman–Crippen MR) is 97.7 cm³/mol. The summed E-state index contributed by atoms with van der Waals surface area (Å²) in [5.74, 6) is 5.02. The Balaban J connectivity index is 1.93. The third-order valence-corrected chi connectivity index (χ3v) is 4.37. The molecular formula is C19H20N4O3. The van der Waals surface area contributed by atoms with Crippen LogP contribution >= 0.6 is 0 Å². The highest BCUT2D eigenvalue weighted by atomic mass is 16.4. The molecule has 1 amide bonds. The van der Waals surface area contributed by atoms with Gasteiger partial charge in [-0.3, -0.25) is 9.69 Å². The van der Waals surface area contributed by atoms with Gasteiger partial charge in [0.25, 0.3) is 5.91 Å². The van der Waals surface area contributed by atoms with Gasteiger partial charge in [-0.05, 0) is 31.3 Å². The number of anilines is 1. The Morgan fingerprint density at radius 2 is 2.15 bits per heavy atom. The molecule has 0 saturated carbocycles. The lowest BCUT2D eigenvalue weighted by molar-refractivity contribution is -0.0633. The molecule has 1 aromatic carbocycles. The topological polar surface area (TPSA) is 126 Å². The SMILES string of the molecule is CN1CC[C@@](O)(C#Cc2cccc(-c3cc(N)cc(C(N)=O)n3)c2)C1O. The molecule has 0 aliphatic carbocycles. The second-order valence-corrected chi connectivity index (χ2v) is 6.39. The Morgan fingerprint density at radius 3 is 2.81 bits per heavy atom. The van der Waals surface area contributed by atoms with E-state index in [2.05, 4.69) is 16.8 Å². The molecule has 7 heteroatoms. The molecule has 1 saturated heterocycles. The molecule has 2 atom stereocenters. The highest BCUT2D eigenvalue weighted by Crippen LogP contribution is 2.25. The van der Waals surface area contributed by atoms with Gasteiger partial charge in [0.05, 0.1) is 5.69 Å². The van der Waals surface area contributed by atoms with Crippen LogP contribution in [0.1, 0.15) is 22.5 Å². The summed E-state index contributed by atoms with van der Waals surface area (Å²) in [6.45, 7) is 0.565. The summed E-state index contributed by atoms with van der Waals surface area (Å²) in [6.07, 6.45) is -0.650. The van der Waals surface area contributed by atoms with Crippen LogP contribution in [0.3, 0.4) is 0 Å². The Kier molecular flexibility index (Phi) is 4.66. The summed E-state index contributed by atoms with van der Waals surface area (Å²) in [7, 11) is 1.73. The number of nitrogen functional groups attached to an aromatic ring is 1. The quantitative estimate of drug-likeness (QED) is 0.571. The summed E-state index contributed by atoms with van der Waals surface area (Å²) in [4.78, 5) is 17.2. The van der Waals surface area contributed by atoms with Crippen molar-refractivity contribution in [1.29, 1.82) is 0 Å². The van der Waals surface area contributed by atoms with Gasteiger partial charge in [-0.1, -0.05) is 24.0 Å². The molecule has 0 radical (unpaired) electrons. The summed E-state index contributed by atoms with van der Waals surface area (Å²) in [6, 6.07) is 10.2. The molecule has 26 heavy (non-hydrogen) atoms. The standard InChI is InChI=1S/C19H20N4O3/c1-23-8-7-19(26,18(23)25)6-5-12-3-2-4-13(9-12)15-10-14(20)11-16(22-15)17(21)24/h2-4,9-11,18,25-26H,7-8H2,1H3,(H2,20,22)(H2,21,24)/t18?,19-/m0/s1. The van der Waals surface area contributed by atoms with E-state index in [4.69, 9.17) is 11.5 Å². The molecule has 1 aromatic heterocycles. The Bertz CT molecular complexity index is 918. The van der Waals surface area contributed by atoms with Gasteiger partial charge in [0, 0.05) is 29.8 Å². The number of rotatable bonds is 2. The zero-order valence-corrected chi connectivity index (χ0v) is 14.3. The van der Waals surface area contributed by atoms with E-state index in [-0.39, 0.29) is 5.69 Å². The lowest BCUT2D eigenvalue weighted by Gasteiger charge is -2.22. The molecule has 1 unspecified atom stereocenters. The average molecular weight is 352 g/mol. The fraction of sp³-hybridized carbons (Fsp3) is 0.263. The van der Waals surface area contributed by atoms with Gasteiger partial charge in [0.1, 0.15) is 11.9 Å². The smallest absolute Gasteiger partial charge is 0.267 e. The number of primary amides is 1. The normalized spacial score (nSPS) is 22.7. The van der Waals surface area contributed by atoms with Crippen LogP contribution in [0.5, 0.6) is 0 Å². The molecule has 2 heterocycles. The molecular weight excluding hydrogens is 332 g/mol. The molecule has 1 aliphatic rings. The van der Waals surface area contributed by atoms with Crippen molar-refractivity contribution in [3.05, 3.63) is 47.7 Å². The van der Waals surface area contributed by atoms with Crippen molar-refractivity contribution in [3.63, 3.8) is 0 Å². The number of nitrogens with two attached hydrogens (primary N) is 2. The van der Waals surface area contributed by atoms with E-state index < -0.39 is 17.7 Å². The number of carbonyl (C=O) groups excluding carboxylic acids is 1. The van der Waals surface area contributed by atoms with Crippen LogP contribution in [0.25, 0.3) is 11.3 Å². The number of aliphatic hydroxyl groups is 2. The van der Waals surface area contributed by atoms with E-state index in [0.29, 0.717) is 35.5 Å². The van der Waals surface area contributed by atoms with Crippen molar-refractivity contribution in [3.8, 4) is 23.1 Å². The molecule has 7 nitrogen and oxygen atoms in total. The molecule has 0 spiro atoms. The first kappa shape index (κ1) is 17.9. The van der Waals surface area contributed by atoms with Gasteiger partial charge in [-0.2, -0.15) is 0 Å². The number of hydrogen-bond acceptors (Lipinski definition) is 6. The third kappa shape index (κ3) is 3.53. The van der Waals surface area contributed by atoms with Crippen LogP contribution < -0.4 is 11.5 Å². The number of pyridine rings is 1. The number of hydrogen-bond donors (Lipinski definition) is 4. The van der Waals surface area contributed by atoms with Crippen molar-refractivity contribution in [2.24, 2.45) is 5.73 Å². The summed E-state index contributed by atoms with van der Waals surface area (Å²) < 4.78 is 0. The van der Waals surface area contributed by atoms with E-state index in [1.54, 1.807) is 36.2 Å². The predicted octanol–water partition coefficient (Wildman–Crippen LogP) is 0.166. The number of aromatic nitrogens is 1. The number of benzene rings is 1. The maximum Gasteiger partial charge on any atom is 0.267 e. The maximum atomic E-state index is 11.4. The van der Waals surface area contributed by atoms with Crippen LogP contribution in [0, 0.1) is 11.8 Å². The van der Waals surface area contributed by atoms with Crippen molar-refractivity contribution in [2.45, 2.75) is 18.2 Å². The Morgan fingerprint density at radius 1 is 1.38 bits per heavy atom. The maximum absolute atomic E-state index is 11.4. The van der Waals surface area contributed by atoms with Gasteiger partial charge in [0.15, 0.2) is 5.60 Å². The van der Waals surface area contributed by atoms with Crippen LogP contribution in [-0.2, 0) is 0 Å². The van der Waals surface area contributed by atoms with Crippen LogP contribution in [0.4, 0.5) is 5.69 Å². The number of aliphatic hydroxyl groups excluding tert-OH is 1. The molecule has 2 aromatic rings. The number of nitrogens with zero attached hydrogens (tertiary/aromatic N) is 2. The monoisotopic (exact) mass is 352 g/mol. The third-order valence-electron chi connectivity index (χ3n) is 4.37. The molecule has 0 bridgehead atoms. The molecule has 1 fully saturated rings. The Hall–Kier alpha value is -2.92. The van der Waals surface area contributed by atoms with Crippen molar-refractivity contribution in [1.82, 2.24) is 9.88 Å². The second-order valence-electron chi connectivity index (χ2n) is 6.39. The fourth-order valence-corrected chi connectivity index (χ4v) is 2.85. The summed E-state index contributed by atoms with van der Waals surface area (Å²) >= 11 is 0. The minimum Gasteiger partial charge on any atom is -0.399 e. The first-order chi connectivity index (χ1) is 12.3. The number of amides is 1. The molecule has 134 valence electrons. The average Bonchev–Trinajstić information content (AvgIpc) is 2.88. The van der Waals surface area contributed by atoms with Crippen LogP contribution in [0.2, 0.25) is 0 Å². The van der Waals surface area contributed by atoms with E-state index in [1.807, 2.05) is 6.07 Å². The zero-order chi connectivity index (χ0) is 18.9. The van der Waals surface area contributed by atoms with Gasteiger partial charge in [-0.25, -0.2) is 4.98 Å². The van der Waals surface area contributed by atoms with E-state index in [1.165, 1.54) is 6.07 Å². The first-order valence-electron chi connectivity index (χ1n) is 8.10. The van der Waals surface area contributed by atoms with E-state index in [9.17, 15) is 15.0 Å². The van der Waals surface area contributed by atoms with Gasteiger partial charge < -0.3 is 21.7 Å². The zero-order valence-electron chi connectivity index (χ0n) is 14.3. The Labute approximate surface area is 151 Å². The minimum absolute atomic E-state index is 0.0860. The highest BCUT2D eigenvalue weighted by molar-refractivity contribution is 5.92. The van der Waals surface area contributed by atoms with E-state index >= 15 is 0 Å². The second kappa shape index (κ2) is 6.77.